The molecule has 0 saturated heterocycles. The van der Waals surface area contributed by atoms with E-state index in [1.54, 1.807) is 0 Å². The molecular formula is C46H70NO7+. The number of rotatable bonds is 32. The van der Waals surface area contributed by atoms with Crippen LogP contribution in [0.1, 0.15) is 97.3 Å². The van der Waals surface area contributed by atoms with Crippen LogP contribution in [-0.4, -0.2) is 80.6 Å². The molecule has 0 heterocycles. The second kappa shape index (κ2) is 35.7. The Morgan fingerprint density at radius 1 is 0.556 bits per heavy atom. The van der Waals surface area contributed by atoms with Crippen molar-refractivity contribution in [3.8, 4) is 0 Å². The number of carbonyl (C=O) groups excluding carboxylic acids is 2. The third kappa shape index (κ3) is 33.6. The summed E-state index contributed by atoms with van der Waals surface area (Å²) < 4.78 is 17.1. The van der Waals surface area contributed by atoms with Crippen LogP contribution in [0.3, 0.4) is 0 Å². The van der Waals surface area contributed by atoms with Gasteiger partial charge in [-0.25, -0.2) is 4.79 Å². The molecule has 0 aromatic heterocycles. The maximum atomic E-state index is 12.7. The van der Waals surface area contributed by atoms with Gasteiger partial charge >= 0.3 is 17.9 Å². The highest BCUT2D eigenvalue weighted by Gasteiger charge is 2.31. The predicted octanol–water partition coefficient (Wildman–Crippen LogP) is 10.3. The Balaban J connectivity index is 4.62. The number of allylic oxidation sites excluding steroid dienone is 20. The summed E-state index contributed by atoms with van der Waals surface area (Å²) in [7, 11) is 5.47. The lowest BCUT2D eigenvalue weighted by atomic mass is 10.1. The molecule has 54 heavy (non-hydrogen) atoms. The fourth-order valence-corrected chi connectivity index (χ4v) is 4.84. The number of esters is 2. The standard InChI is InChI=1S/C46H69NO7/c1-6-8-10-12-14-16-18-20-21-22-23-25-27-29-31-33-35-37-45(49)54-42(40-52-39-38-43(46(50)51)47(3,4)5)41-53-44(48)36-34-32-30-28-26-24-19-17-15-13-11-9-7-2/h8-27,42-43H,6-7,28-41H2,1-5H3/p+1/b10-8+,11-9+,14-12+,15-13+,18-16+,19-17+,21-20+,23-22+,26-24+,27-25+. The minimum absolute atomic E-state index is 0.0198. The van der Waals surface area contributed by atoms with Gasteiger partial charge in [-0.2, -0.15) is 0 Å². The van der Waals surface area contributed by atoms with Gasteiger partial charge in [0.2, 0.25) is 0 Å². The first kappa shape index (κ1) is 49.7. The van der Waals surface area contributed by atoms with Gasteiger partial charge in [-0.3, -0.25) is 9.59 Å². The molecular weight excluding hydrogens is 679 g/mol. The summed E-state index contributed by atoms with van der Waals surface area (Å²) in [4.78, 5) is 36.8. The van der Waals surface area contributed by atoms with Gasteiger partial charge in [-0.15, -0.1) is 0 Å². The molecule has 0 aromatic rings. The molecule has 0 aliphatic carbocycles. The van der Waals surface area contributed by atoms with E-state index in [0.717, 1.165) is 51.4 Å². The fraction of sp³-hybridized carbons (Fsp3) is 0.500. The van der Waals surface area contributed by atoms with Crippen molar-refractivity contribution in [2.24, 2.45) is 0 Å². The summed E-state index contributed by atoms with van der Waals surface area (Å²) in [5, 5.41) is 9.59. The molecule has 0 aliphatic heterocycles. The molecule has 1 N–H and O–H groups in total. The lowest BCUT2D eigenvalue weighted by Crippen LogP contribution is -2.50. The largest absolute Gasteiger partial charge is 0.477 e. The van der Waals surface area contributed by atoms with Gasteiger partial charge in [0.1, 0.15) is 6.61 Å². The summed E-state index contributed by atoms with van der Waals surface area (Å²) in [6.45, 7) is 4.31. The highest BCUT2D eigenvalue weighted by molar-refractivity contribution is 5.72. The first-order chi connectivity index (χ1) is 26.1. The summed E-state index contributed by atoms with van der Waals surface area (Å²) in [5.74, 6) is -1.60. The van der Waals surface area contributed by atoms with Gasteiger partial charge in [0, 0.05) is 19.3 Å². The van der Waals surface area contributed by atoms with Crippen LogP contribution in [0.15, 0.2) is 122 Å². The van der Waals surface area contributed by atoms with Gasteiger partial charge < -0.3 is 23.8 Å². The average Bonchev–Trinajstić information content (AvgIpc) is 3.12. The maximum Gasteiger partial charge on any atom is 0.362 e. The lowest BCUT2D eigenvalue weighted by Gasteiger charge is -2.31. The quantitative estimate of drug-likeness (QED) is 0.0316. The molecule has 300 valence electrons. The summed E-state index contributed by atoms with van der Waals surface area (Å²) in [6.07, 6.45) is 49.6. The Labute approximate surface area is 327 Å². The SMILES string of the molecule is CC/C=C/C=C/C=C/C=C/C=C/C=C/CCCCCC(=O)OC(COCCC(C(=O)O)[N+](C)(C)C)COC(=O)CCCCC/C=C/C=C/C=C/C=C/CC. The van der Waals surface area contributed by atoms with Crippen molar-refractivity contribution in [1.82, 2.24) is 0 Å². The molecule has 2 atom stereocenters. The van der Waals surface area contributed by atoms with Crippen LogP contribution < -0.4 is 0 Å². The number of carbonyl (C=O) groups is 3. The summed E-state index contributed by atoms with van der Waals surface area (Å²) in [6, 6.07) is -0.637. The fourth-order valence-electron chi connectivity index (χ4n) is 4.84. The summed E-state index contributed by atoms with van der Waals surface area (Å²) >= 11 is 0. The molecule has 8 nitrogen and oxygen atoms in total. The summed E-state index contributed by atoms with van der Waals surface area (Å²) in [5.41, 5.74) is 0. The molecule has 0 rings (SSSR count). The number of unbranched alkanes of at least 4 members (excludes halogenated alkanes) is 6. The normalized spacial score (nSPS) is 14.3. The number of carboxylic acid groups (broad SMARTS) is 1. The van der Waals surface area contributed by atoms with Crippen molar-refractivity contribution in [3.63, 3.8) is 0 Å². The van der Waals surface area contributed by atoms with Crippen LogP contribution in [-0.2, 0) is 28.6 Å². The molecule has 0 fully saturated rings. The monoisotopic (exact) mass is 749 g/mol. The highest BCUT2D eigenvalue weighted by Crippen LogP contribution is 2.11. The van der Waals surface area contributed by atoms with Crippen molar-refractivity contribution in [1.29, 1.82) is 0 Å². The number of carboxylic acids is 1. The number of hydrogen-bond acceptors (Lipinski definition) is 6. The van der Waals surface area contributed by atoms with Crippen molar-refractivity contribution in [3.05, 3.63) is 122 Å². The Hall–Kier alpha value is -4.27. The zero-order chi connectivity index (χ0) is 40.0. The number of quaternary nitrogens is 1. The van der Waals surface area contributed by atoms with E-state index in [1.165, 1.54) is 0 Å². The number of aliphatic carboxylic acids is 1. The van der Waals surface area contributed by atoms with Crippen LogP contribution in [0.4, 0.5) is 0 Å². The zero-order valence-electron chi connectivity index (χ0n) is 33.9. The molecule has 0 spiro atoms. The van der Waals surface area contributed by atoms with Gasteiger partial charge in [-0.05, 0) is 51.4 Å². The molecule has 0 radical (unpaired) electrons. The smallest absolute Gasteiger partial charge is 0.362 e. The van der Waals surface area contributed by atoms with Crippen molar-refractivity contribution in [2.75, 3.05) is 41.0 Å². The highest BCUT2D eigenvalue weighted by atomic mass is 16.6. The van der Waals surface area contributed by atoms with Gasteiger partial charge in [0.25, 0.3) is 0 Å². The molecule has 0 aliphatic rings. The predicted molar refractivity (Wildman–Crippen MR) is 224 cm³/mol. The van der Waals surface area contributed by atoms with Crippen LogP contribution in [0.5, 0.6) is 0 Å². The molecule has 0 saturated carbocycles. The second-order valence-electron chi connectivity index (χ2n) is 13.7. The van der Waals surface area contributed by atoms with E-state index >= 15 is 0 Å². The minimum Gasteiger partial charge on any atom is -0.477 e. The minimum atomic E-state index is -0.897. The third-order valence-electron chi connectivity index (χ3n) is 7.86. The Morgan fingerprint density at radius 3 is 1.41 bits per heavy atom. The number of nitrogens with zero attached hydrogens (tertiary/aromatic N) is 1. The second-order valence-corrected chi connectivity index (χ2v) is 13.7. The van der Waals surface area contributed by atoms with Gasteiger partial charge in [-0.1, -0.05) is 148 Å². The maximum absolute atomic E-state index is 12.7. The van der Waals surface area contributed by atoms with Crippen LogP contribution in [0.2, 0.25) is 0 Å². The van der Waals surface area contributed by atoms with E-state index in [-0.39, 0.29) is 42.7 Å². The topological polar surface area (TPSA) is 99.1 Å². The van der Waals surface area contributed by atoms with E-state index in [2.05, 4.69) is 38.2 Å². The molecule has 0 amide bonds. The van der Waals surface area contributed by atoms with E-state index in [0.29, 0.717) is 25.7 Å². The first-order valence-corrected chi connectivity index (χ1v) is 19.7. The van der Waals surface area contributed by atoms with E-state index in [4.69, 9.17) is 14.2 Å². The average molecular weight is 749 g/mol. The Bertz CT molecular complexity index is 1290. The van der Waals surface area contributed by atoms with Crippen molar-refractivity contribution >= 4 is 17.9 Å². The zero-order valence-corrected chi connectivity index (χ0v) is 33.9. The first-order valence-electron chi connectivity index (χ1n) is 19.7. The Morgan fingerprint density at radius 2 is 0.981 bits per heavy atom. The van der Waals surface area contributed by atoms with Crippen molar-refractivity contribution in [2.45, 2.75) is 109 Å². The van der Waals surface area contributed by atoms with Crippen LogP contribution in [0.25, 0.3) is 0 Å². The molecule has 0 bridgehead atoms. The Kier molecular flexibility index (Phi) is 32.9. The number of ether oxygens (including phenoxy) is 3. The molecule has 8 heteroatoms. The van der Waals surface area contributed by atoms with Crippen LogP contribution in [0, 0.1) is 0 Å². The van der Waals surface area contributed by atoms with Gasteiger partial charge in [0.05, 0.1) is 34.4 Å². The van der Waals surface area contributed by atoms with Gasteiger partial charge in [0.15, 0.2) is 12.1 Å². The lowest BCUT2D eigenvalue weighted by molar-refractivity contribution is -0.887. The van der Waals surface area contributed by atoms with Crippen molar-refractivity contribution < 1.29 is 38.2 Å². The van der Waals surface area contributed by atoms with Crippen LogP contribution >= 0.6 is 0 Å². The molecule has 0 aromatic carbocycles. The van der Waals surface area contributed by atoms with E-state index in [9.17, 15) is 19.5 Å². The number of hydrogen-bond donors (Lipinski definition) is 1. The van der Waals surface area contributed by atoms with E-state index < -0.39 is 18.1 Å². The van der Waals surface area contributed by atoms with E-state index in [1.807, 2.05) is 118 Å². The third-order valence-corrected chi connectivity index (χ3v) is 7.86. The molecule has 2 unspecified atom stereocenters. The number of likely N-dealkylation sites (N-methyl/N-ethyl adjacent to an activating group) is 1.